The molecule has 0 unspecified atom stereocenters. The largest absolute Gasteiger partial charge is 0.492 e. The summed E-state index contributed by atoms with van der Waals surface area (Å²) in [5.74, 6) is -0.447. The maximum Gasteiger partial charge on any atom is 0.341 e. The van der Waals surface area contributed by atoms with E-state index < -0.39 is 17.2 Å². The zero-order valence-corrected chi connectivity index (χ0v) is 21.8. The summed E-state index contributed by atoms with van der Waals surface area (Å²) in [6.45, 7) is 3.75. The number of carbonyl (C=O) groups is 1. The van der Waals surface area contributed by atoms with E-state index in [-0.39, 0.29) is 28.8 Å². The quantitative estimate of drug-likeness (QED) is 0.452. The van der Waals surface area contributed by atoms with E-state index in [0.29, 0.717) is 48.7 Å². The molecule has 4 atom stereocenters. The molecule has 2 heterocycles. The van der Waals surface area contributed by atoms with Gasteiger partial charge >= 0.3 is 5.97 Å². The molecule has 2 saturated carbocycles. The number of allylic oxidation sites excluding steroid dienone is 1. The minimum absolute atomic E-state index is 0.0295. The number of thiocarbonyl (C=S) groups is 1. The highest BCUT2D eigenvalue weighted by Crippen LogP contribution is 2.44. The molecule has 10 heteroatoms. The van der Waals surface area contributed by atoms with Gasteiger partial charge < -0.3 is 29.5 Å². The van der Waals surface area contributed by atoms with Crippen LogP contribution in [0.4, 0.5) is 10.1 Å². The average Bonchev–Trinajstić information content (AvgIpc) is 3.50. The van der Waals surface area contributed by atoms with Gasteiger partial charge in [0.05, 0.1) is 18.0 Å². The molecule has 37 heavy (non-hydrogen) atoms. The molecule has 2 N–H and O–H groups in total. The first-order valence-corrected chi connectivity index (χ1v) is 13.4. The minimum atomic E-state index is -1.32. The molecule has 2 aromatic rings. The van der Waals surface area contributed by atoms with Gasteiger partial charge in [-0.15, -0.1) is 0 Å². The van der Waals surface area contributed by atoms with Gasteiger partial charge in [0, 0.05) is 44.0 Å². The van der Waals surface area contributed by atoms with Gasteiger partial charge in [-0.1, -0.05) is 12.2 Å². The van der Waals surface area contributed by atoms with Crippen molar-refractivity contribution in [2.45, 2.75) is 50.7 Å². The topological polar surface area (TPSA) is 87.0 Å². The van der Waals surface area contributed by atoms with E-state index in [1.165, 1.54) is 25.8 Å². The van der Waals surface area contributed by atoms with Crippen molar-refractivity contribution in [3.05, 3.63) is 46.0 Å². The van der Waals surface area contributed by atoms with Crippen LogP contribution in [-0.2, 0) is 0 Å². The average molecular weight is 527 g/mol. The highest BCUT2D eigenvalue weighted by molar-refractivity contribution is 7.80. The first kappa shape index (κ1) is 24.2. The van der Waals surface area contributed by atoms with Gasteiger partial charge in [-0.3, -0.25) is 4.79 Å². The molecular weight excluding hydrogens is 495 g/mol. The summed E-state index contributed by atoms with van der Waals surface area (Å²) in [5, 5.41) is 13.9. The van der Waals surface area contributed by atoms with Crippen molar-refractivity contribution in [1.29, 1.82) is 0 Å². The molecule has 4 aliphatic rings. The number of piperazine rings is 1. The summed E-state index contributed by atoms with van der Waals surface area (Å²) < 4.78 is 23.2. The number of methoxy groups -OCH3 is 1. The molecule has 2 bridgehead atoms. The number of carboxylic acids is 1. The maximum atomic E-state index is 15.7. The highest BCUT2D eigenvalue weighted by Gasteiger charge is 2.38. The number of fused-ring (bicyclic) bond motifs is 3. The normalized spacial score (nSPS) is 26.7. The molecule has 196 valence electrons. The Kier molecular flexibility index (Phi) is 5.89. The van der Waals surface area contributed by atoms with Crippen LogP contribution in [0.25, 0.3) is 10.9 Å². The fourth-order valence-corrected chi connectivity index (χ4v) is 6.80. The van der Waals surface area contributed by atoms with Crippen LogP contribution in [0.15, 0.2) is 29.2 Å². The molecule has 3 fully saturated rings. The van der Waals surface area contributed by atoms with E-state index in [9.17, 15) is 14.7 Å². The summed E-state index contributed by atoms with van der Waals surface area (Å²) in [4.78, 5) is 28.8. The smallest absolute Gasteiger partial charge is 0.341 e. The van der Waals surface area contributed by atoms with Gasteiger partial charge in [-0.2, -0.15) is 0 Å². The van der Waals surface area contributed by atoms with E-state index in [4.69, 9.17) is 17.0 Å². The zero-order chi connectivity index (χ0) is 26.0. The highest BCUT2D eigenvalue weighted by atomic mass is 32.1. The summed E-state index contributed by atoms with van der Waals surface area (Å²) in [5.41, 5.74) is -0.306. The van der Waals surface area contributed by atoms with Crippen molar-refractivity contribution in [2.75, 3.05) is 31.6 Å². The molecule has 0 amide bonds. The van der Waals surface area contributed by atoms with Crippen LogP contribution >= 0.6 is 12.2 Å². The summed E-state index contributed by atoms with van der Waals surface area (Å²) in [7, 11) is 1.47. The van der Waals surface area contributed by atoms with E-state index in [1.54, 1.807) is 4.57 Å². The lowest BCUT2D eigenvalue weighted by molar-refractivity contribution is 0.0694. The maximum absolute atomic E-state index is 15.7. The Morgan fingerprint density at radius 2 is 2.03 bits per heavy atom. The number of benzene rings is 1. The Labute approximate surface area is 219 Å². The third kappa shape index (κ3) is 4.05. The fourth-order valence-electron chi connectivity index (χ4n) is 6.37. The second kappa shape index (κ2) is 9.01. The van der Waals surface area contributed by atoms with Crippen LogP contribution in [0.2, 0.25) is 0 Å². The molecule has 1 aliphatic heterocycles. The number of anilines is 1. The molecule has 0 radical (unpaired) electrons. The second-order valence-corrected chi connectivity index (χ2v) is 11.2. The molecule has 1 saturated heterocycles. The Morgan fingerprint density at radius 3 is 2.62 bits per heavy atom. The predicted molar refractivity (Wildman–Crippen MR) is 143 cm³/mol. The predicted octanol–water partition coefficient (Wildman–Crippen LogP) is 3.53. The number of nitrogens with zero attached hydrogens (tertiary/aromatic N) is 3. The van der Waals surface area contributed by atoms with Crippen molar-refractivity contribution >= 4 is 39.9 Å². The van der Waals surface area contributed by atoms with Gasteiger partial charge in [0.25, 0.3) is 0 Å². The van der Waals surface area contributed by atoms with Crippen molar-refractivity contribution in [3.63, 3.8) is 0 Å². The zero-order valence-electron chi connectivity index (χ0n) is 20.9. The molecule has 8 nitrogen and oxygen atoms in total. The monoisotopic (exact) mass is 526 g/mol. The number of hydrogen-bond acceptors (Lipinski definition) is 5. The number of hydrogen-bond donors (Lipinski definition) is 2. The number of ether oxygens (including phenoxy) is 1. The van der Waals surface area contributed by atoms with Crippen molar-refractivity contribution < 1.29 is 19.0 Å². The lowest BCUT2D eigenvalue weighted by Crippen LogP contribution is -2.58. The van der Waals surface area contributed by atoms with E-state index in [0.717, 1.165) is 24.4 Å². The lowest BCUT2D eigenvalue weighted by atomic mass is 10.0. The van der Waals surface area contributed by atoms with Gasteiger partial charge in [0.15, 0.2) is 16.7 Å². The first-order chi connectivity index (χ1) is 17.8. The molecular formula is C27H31FN4O4S. The Morgan fingerprint density at radius 1 is 1.24 bits per heavy atom. The standard InChI is InChI=1S/C27H31FN4O4S/c1-14-12-30(7-8-31(14)27(37)29-21-10-15-3-4-16(21)9-15)23-20(28)11-18-22(25(23)36-2)32(17-5-6-17)13-19(24(18)33)26(34)35/h3-4,11,13-17,21H,5-10,12H2,1-2H3,(H,29,37)(H,34,35)/t14-,15-,16-,21+/m0/s1. The number of nitrogens with one attached hydrogen (secondary N) is 1. The SMILES string of the molecule is COc1c(N2CCN(C(=S)N[C@@H]3C[C@H]4C=C[C@H]3C4)[C@@H](C)C2)c(F)cc2c(=O)c(C(=O)O)cn(C3CC3)c12. The summed E-state index contributed by atoms with van der Waals surface area (Å²) in [6.07, 6.45) is 10.0. The fraction of sp³-hybridized carbons (Fsp3) is 0.519. The van der Waals surface area contributed by atoms with Crippen LogP contribution in [0.3, 0.4) is 0 Å². The number of aromatic nitrogens is 1. The summed E-state index contributed by atoms with van der Waals surface area (Å²) in [6, 6.07) is 1.64. The van der Waals surface area contributed by atoms with Gasteiger partial charge in [-0.25, -0.2) is 9.18 Å². The van der Waals surface area contributed by atoms with Gasteiger partial charge in [-0.05, 0) is 62.7 Å². The molecule has 6 rings (SSSR count). The van der Waals surface area contributed by atoms with E-state index >= 15 is 4.39 Å². The number of pyridine rings is 1. The Bertz CT molecular complexity index is 1390. The Hall–Kier alpha value is -3.14. The summed E-state index contributed by atoms with van der Waals surface area (Å²) >= 11 is 5.78. The molecule has 3 aliphatic carbocycles. The van der Waals surface area contributed by atoms with Crippen LogP contribution < -0.4 is 20.4 Å². The van der Waals surface area contributed by atoms with Crippen LogP contribution in [-0.4, -0.2) is 64.5 Å². The minimum Gasteiger partial charge on any atom is -0.492 e. The Balaban J connectivity index is 1.31. The van der Waals surface area contributed by atoms with E-state index in [1.807, 2.05) is 4.90 Å². The van der Waals surface area contributed by atoms with Crippen molar-refractivity contribution in [1.82, 2.24) is 14.8 Å². The third-order valence-electron chi connectivity index (χ3n) is 8.37. The molecule has 1 aromatic heterocycles. The van der Waals surface area contributed by atoms with Crippen LogP contribution in [0.1, 0.15) is 49.0 Å². The lowest BCUT2D eigenvalue weighted by Gasteiger charge is -2.43. The van der Waals surface area contributed by atoms with Gasteiger partial charge in [0.2, 0.25) is 5.43 Å². The number of halogens is 1. The molecule has 1 aromatic carbocycles. The number of carboxylic acid groups (broad SMARTS) is 1. The third-order valence-corrected chi connectivity index (χ3v) is 8.72. The van der Waals surface area contributed by atoms with Crippen LogP contribution in [0.5, 0.6) is 5.75 Å². The van der Waals surface area contributed by atoms with Crippen molar-refractivity contribution in [2.24, 2.45) is 11.8 Å². The number of aromatic carboxylic acids is 1. The van der Waals surface area contributed by atoms with Gasteiger partial charge in [0.1, 0.15) is 11.3 Å². The second-order valence-electron chi connectivity index (χ2n) is 10.8. The molecule has 0 spiro atoms. The van der Waals surface area contributed by atoms with Crippen molar-refractivity contribution in [3.8, 4) is 5.75 Å². The number of rotatable bonds is 5. The first-order valence-electron chi connectivity index (χ1n) is 13.0. The van der Waals surface area contributed by atoms with E-state index in [2.05, 4.69) is 29.3 Å². The van der Waals surface area contributed by atoms with Crippen LogP contribution in [0, 0.1) is 17.7 Å².